The molecule has 3 rings (SSSR count). The standard InChI is InChI=1S/C28H31F3N2O3/c1-5-22-19(10-8-12-26(34)35-6-2)9-7-11-23(22)21-16-32-27(33-17-21)20-13-14-25(36-18(3)4)24(15-20)28(29,30)31/h7,9,11,13-18H,5-6,8,10,12H2,1-4H3. The molecule has 0 aliphatic carbocycles. The molecule has 8 heteroatoms. The highest BCUT2D eigenvalue weighted by atomic mass is 19.4. The Bertz CT molecular complexity index is 1180. The van der Waals surface area contributed by atoms with Crippen molar-refractivity contribution in [2.24, 2.45) is 0 Å². The van der Waals surface area contributed by atoms with E-state index < -0.39 is 11.7 Å². The van der Waals surface area contributed by atoms with E-state index in [1.54, 1.807) is 33.2 Å². The van der Waals surface area contributed by atoms with Gasteiger partial charge in [0, 0.05) is 29.9 Å². The van der Waals surface area contributed by atoms with Crippen molar-refractivity contribution in [1.29, 1.82) is 0 Å². The summed E-state index contributed by atoms with van der Waals surface area (Å²) in [6, 6.07) is 9.83. The van der Waals surface area contributed by atoms with Crippen LogP contribution >= 0.6 is 0 Å². The summed E-state index contributed by atoms with van der Waals surface area (Å²) < 4.78 is 51.2. The number of rotatable bonds is 10. The number of hydrogen-bond acceptors (Lipinski definition) is 5. The van der Waals surface area contributed by atoms with E-state index in [4.69, 9.17) is 9.47 Å². The molecule has 0 spiro atoms. The zero-order chi connectivity index (χ0) is 26.3. The van der Waals surface area contributed by atoms with Crippen molar-refractivity contribution in [3.8, 4) is 28.3 Å². The summed E-state index contributed by atoms with van der Waals surface area (Å²) in [5.41, 5.74) is 3.41. The van der Waals surface area contributed by atoms with Crippen molar-refractivity contribution in [3.05, 3.63) is 65.5 Å². The summed E-state index contributed by atoms with van der Waals surface area (Å²) in [4.78, 5) is 20.4. The predicted octanol–water partition coefficient (Wildman–Crippen LogP) is 7.06. The van der Waals surface area contributed by atoms with Crippen LogP contribution in [0.2, 0.25) is 0 Å². The topological polar surface area (TPSA) is 61.3 Å². The highest BCUT2D eigenvalue weighted by Gasteiger charge is 2.35. The van der Waals surface area contributed by atoms with E-state index in [2.05, 4.69) is 16.9 Å². The van der Waals surface area contributed by atoms with Crippen LogP contribution in [0.3, 0.4) is 0 Å². The monoisotopic (exact) mass is 500 g/mol. The summed E-state index contributed by atoms with van der Waals surface area (Å²) in [6.45, 7) is 7.57. The van der Waals surface area contributed by atoms with Gasteiger partial charge in [0.1, 0.15) is 5.75 Å². The SMILES string of the molecule is CCOC(=O)CCCc1cccc(-c2cnc(-c3ccc(OC(C)C)c(C(F)(F)F)c3)nc2)c1CC. The number of ether oxygens (including phenoxy) is 2. The van der Waals surface area contributed by atoms with Gasteiger partial charge in [-0.25, -0.2) is 9.97 Å². The number of aromatic nitrogens is 2. The minimum atomic E-state index is -4.57. The van der Waals surface area contributed by atoms with Crippen molar-refractivity contribution < 1.29 is 27.4 Å². The van der Waals surface area contributed by atoms with E-state index in [0.29, 0.717) is 19.4 Å². The van der Waals surface area contributed by atoms with Crippen LogP contribution in [-0.2, 0) is 28.5 Å². The lowest BCUT2D eigenvalue weighted by molar-refractivity contribution is -0.143. The first kappa shape index (κ1) is 27.2. The first-order valence-corrected chi connectivity index (χ1v) is 12.1. The Hall–Kier alpha value is -3.42. The molecule has 0 atom stereocenters. The second kappa shape index (κ2) is 12.0. The Morgan fingerprint density at radius 3 is 2.36 bits per heavy atom. The van der Waals surface area contributed by atoms with Gasteiger partial charge in [-0.1, -0.05) is 25.1 Å². The van der Waals surface area contributed by atoms with Crippen LogP contribution in [0, 0.1) is 0 Å². The smallest absolute Gasteiger partial charge is 0.419 e. The Kier molecular flexibility index (Phi) is 9.07. The number of aryl methyl sites for hydroxylation is 1. The lowest BCUT2D eigenvalue weighted by Gasteiger charge is -2.17. The minimum Gasteiger partial charge on any atom is -0.490 e. The fourth-order valence-corrected chi connectivity index (χ4v) is 4.08. The molecule has 0 fully saturated rings. The van der Waals surface area contributed by atoms with Gasteiger partial charge in [-0.3, -0.25) is 4.79 Å². The number of carbonyl (C=O) groups is 1. The molecule has 0 bridgehead atoms. The second-order valence-corrected chi connectivity index (χ2v) is 8.63. The molecule has 0 radical (unpaired) electrons. The van der Waals surface area contributed by atoms with E-state index in [9.17, 15) is 18.0 Å². The van der Waals surface area contributed by atoms with Crippen LogP contribution in [0.4, 0.5) is 13.2 Å². The van der Waals surface area contributed by atoms with Crippen molar-refractivity contribution in [3.63, 3.8) is 0 Å². The maximum Gasteiger partial charge on any atom is 0.419 e. The van der Waals surface area contributed by atoms with Gasteiger partial charge in [-0.15, -0.1) is 0 Å². The van der Waals surface area contributed by atoms with E-state index in [0.717, 1.165) is 41.2 Å². The molecular formula is C28H31F3N2O3. The fourth-order valence-electron chi connectivity index (χ4n) is 4.08. The highest BCUT2D eigenvalue weighted by molar-refractivity contribution is 5.70. The molecule has 1 aromatic heterocycles. The molecule has 0 unspecified atom stereocenters. The lowest BCUT2D eigenvalue weighted by Crippen LogP contribution is -2.13. The molecule has 1 heterocycles. The van der Waals surface area contributed by atoms with Crippen LogP contribution in [0.1, 0.15) is 57.2 Å². The summed E-state index contributed by atoms with van der Waals surface area (Å²) >= 11 is 0. The number of alkyl halides is 3. The first-order valence-electron chi connectivity index (χ1n) is 12.1. The van der Waals surface area contributed by atoms with Crippen LogP contribution in [-0.4, -0.2) is 28.6 Å². The predicted molar refractivity (Wildman–Crippen MR) is 133 cm³/mol. The number of nitrogens with zero attached hydrogens (tertiary/aromatic N) is 2. The van der Waals surface area contributed by atoms with Crippen LogP contribution < -0.4 is 4.74 Å². The van der Waals surface area contributed by atoms with E-state index >= 15 is 0 Å². The molecule has 0 aliphatic rings. The number of esters is 1. The van der Waals surface area contributed by atoms with Gasteiger partial charge in [-0.2, -0.15) is 13.2 Å². The molecule has 5 nitrogen and oxygen atoms in total. The third-order valence-corrected chi connectivity index (χ3v) is 5.63. The molecule has 0 N–H and O–H groups in total. The van der Waals surface area contributed by atoms with Gasteiger partial charge in [-0.05, 0) is 74.9 Å². The van der Waals surface area contributed by atoms with Crippen LogP contribution in [0.25, 0.3) is 22.5 Å². The number of halogens is 3. The molecule has 3 aromatic rings. The first-order chi connectivity index (χ1) is 17.1. The molecular weight excluding hydrogens is 469 g/mol. The Balaban J connectivity index is 1.86. The molecule has 0 aliphatic heterocycles. The molecule has 2 aromatic carbocycles. The van der Waals surface area contributed by atoms with Crippen molar-refractivity contribution in [2.75, 3.05) is 6.61 Å². The number of hydrogen-bond donors (Lipinski definition) is 0. The van der Waals surface area contributed by atoms with E-state index in [1.807, 2.05) is 18.2 Å². The molecule has 192 valence electrons. The Morgan fingerprint density at radius 2 is 1.75 bits per heavy atom. The van der Waals surface area contributed by atoms with Crippen molar-refractivity contribution in [1.82, 2.24) is 9.97 Å². The van der Waals surface area contributed by atoms with Gasteiger partial charge in [0.15, 0.2) is 5.82 Å². The minimum absolute atomic E-state index is 0.198. The zero-order valence-corrected chi connectivity index (χ0v) is 21.0. The van der Waals surface area contributed by atoms with Gasteiger partial charge in [0.25, 0.3) is 0 Å². The fraction of sp³-hybridized carbons (Fsp3) is 0.393. The maximum atomic E-state index is 13.6. The number of carbonyl (C=O) groups excluding carboxylic acids is 1. The van der Waals surface area contributed by atoms with Crippen molar-refractivity contribution in [2.45, 2.75) is 65.7 Å². The third kappa shape index (κ3) is 6.83. The van der Waals surface area contributed by atoms with Gasteiger partial charge in [0.2, 0.25) is 0 Å². The van der Waals surface area contributed by atoms with Crippen molar-refractivity contribution >= 4 is 5.97 Å². The van der Waals surface area contributed by atoms with Gasteiger partial charge >= 0.3 is 12.1 Å². The van der Waals surface area contributed by atoms with Crippen LogP contribution in [0.15, 0.2) is 48.8 Å². The maximum absolute atomic E-state index is 13.6. The zero-order valence-electron chi connectivity index (χ0n) is 21.0. The second-order valence-electron chi connectivity index (χ2n) is 8.63. The largest absolute Gasteiger partial charge is 0.490 e. The molecule has 0 saturated heterocycles. The Labute approximate surface area is 209 Å². The van der Waals surface area contributed by atoms with E-state index in [1.165, 1.54) is 12.1 Å². The third-order valence-electron chi connectivity index (χ3n) is 5.63. The lowest BCUT2D eigenvalue weighted by atomic mass is 9.92. The highest BCUT2D eigenvalue weighted by Crippen LogP contribution is 2.39. The average molecular weight is 501 g/mol. The average Bonchev–Trinajstić information content (AvgIpc) is 2.83. The normalized spacial score (nSPS) is 11.6. The summed E-state index contributed by atoms with van der Waals surface area (Å²) in [7, 11) is 0. The van der Waals surface area contributed by atoms with E-state index in [-0.39, 0.29) is 29.2 Å². The quantitative estimate of drug-likeness (QED) is 0.279. The summed E-state index contributed by atoms with van der Waals surface area (Å²) in [5.74, 6) is -0.220. The summed E-state index contributed by atoms with van der Waals surface area (Å²) in [6.07, 6.45) is 0.864. The summed E-state index contributed by atoms with van der Waals surface area (Å²) in [5, 5.41) is 0. The molecule has 0 saturated carbocycles. The Morgan fingerprint density at radius 1 is 1.03 bits per heavy atom. The molecule has 0 amide bonds. The van der Waals surface area contributed by atoms with Crippen LogP contribution in [0.5, 0.6) is 5.75 Å². The molecule has 36 heavy (non-hydrogen) atoms. The van der Waals surface area contributed by atoms with Gasteiger partial charge < -0.3 is 9.47 Å². The van der Waals surface area contributed by atoms with Gasteiger partial charge in [0.05, 0.1) is 18.3 Å². The number of benzene rings is 2.